The van der Waals surface area contributed by atoms with Crippen molar-refractivity contribution < 1.29 is 9.84 Å². The second kappa shape index (κ2) is 23.9. The summed E-state index contributed by atoms with van der Waals surface area (Å²) in [4.78, 5) is 9.19. The van der Waals surface area contributed by atoms with Crippen LogP contribution in [0, 0.1) is 11.8 Å². The van der Waals surface area contributed by atoms with Crippen LogP contribution in [0.5, 0.6) is 5.88 Å². The van der Waals surface area contributed by atoms with Crippen LogP contribution in [0.25, 0.3) is 0 Å². The Labute approximate surface area is 188 Å². The maximum atomic E-state index is 9.15. The first-order valence-corrected chi connectivity index (χ1v) is 12.2. The molecule has 1 saturated heterocycles. The lowest BCUT2D eigenvalue weighted by molar-refractivity contribution is 0.180. The van der Waals surface area contributed by atoms with Crippen molar-refractivity contribution in [3.63, 3.8) is 0 Å². The van der Waals surface area contributed by atoms with E-state index in [0.29, 0.717) is 24.3 Å². The molecule has 2 rings (SSSR count). The minimum Gasteiger partial charge on any atom is -0.481 e. The van der Waals surface area contributed by atoms with Gasteiger partial charge in [0.05, 0.1) is 19.0 Å². The monoisotopic (exact) mass is 427 g/mol. The first-order valence-electron chi connectivity index (χ1n) is 12.2. The molecule has 30 heavy (non-hydrogen) atoms. The summed E-state index contributed by atoms with van der Waals surface area (Å²) < 4.78 is 5.10. The fraction of sp³-hybridized carbons (Fsp3) is 0.800. The molecule has 0 spiro atoms. The molecule has 1 fully saturated rings. The highest BCUT2D eigenvalue weighted by molar-refractivity contribution is 5.45. The Morgan fingerprint density at radius 3 is 1.83 bits per heavy atom. The fourth-order valence-corrected chi connectivity index (χ4v) is 3.15. The van der Waals surface area contributed by atoms with Crippen LogP contribution in [-0.2, 0) is 0 Å². The second-order valence-electron chi connectivity index (χ2n) is 6.48. The number of methoxy groups -OCH3 is 1. The molecule has 5 heteroatoms. The number of aromatic nitrogens is 1. The van der Waals surface area contributed by atoms with Gasteiger partial charge in [-0.1, -0.05) is 69.2 Å². The molecule has 1 aliphatic heterocycles. The number of anilines is 1. The van der Waals surface area contributed by atoms with Crippen LogP contribution in [-0.4, -0.2) is 61.4 Å². The van der Waals surface area contributed by atoms with E-state index in [2.05, 4.69) is 34.7 Å². The predicted molar refractivity (Wildman–Crippen MR) is 135 cm³/mol. The van der Waals surface area contributed by atoms with Gasteiger partial charge in [0, 0.05) is 45.4 Å². The summed E-state index contributed by atoms with van der Waals surface area (Å²) in [7, 11) is 1.64. The molecule has 0 bridgehead atoms. The predicted octanol–water partition coefficient (Wildman–Crippen LogP) is 5.97. The van der Waals surface area contributed by atoms with Gasteiger partial charge in [0.2, 0.25) is 5.88 Å². The van der Waals surface area contributed by atoms with Gasteiger partial charge in [0.1, 0.15) is 0 Å². The summed E-state index contributed by atoms with van der Waals surface area (Å²) in [5.41, 5.74) is 1.17. The van der Waals surface area contributed by atoms with Crippen LogP contribution in [0.2, 0.25) is 0 Å². The van der Waals surface area contributed by atoms with E-state index in [9.17, 15) is 0 Å². The number of pyridine rings is 1. The Kier molecular flexibility index (Phi) is 26.6. The smallest absolute Gasteiger partial charge is 0.213 e. The third-order valence-electron chi connectivity index (χ3n) is 4.35. The maximum Gasteiger partial charge on any atom is 0.213 e. The minimum absolute atomic E-state index is 0.294. The van der Waals surface area contributed by atoms with E-state index < -0.39 is 0 Å². The van der Waals surface area contributed by atoms with Crippen molar-refractivity contribution >= 4 is 5.69 Å². The third kappa shape index (κ3) is 14.6. The number of nitrogens with zero attached hydrogens (tertiary/aromatic N) is 3. The summed E-state index contributed by atoms with van der Waals surface area (Å²) >= 11 is 0. The molecule has 2 atom stereocenters. The average molecular weight is 428 g/mol. The Balaban J connectivity index is -0.000000815. The zero-order valence-electron chi connectivity index (χ0n) is 22.0. The van der Waals surface area contributed by atoms with E-state index >= 15 is 0 Å². The molecule has 2 unspecified atom stereocenters. The number of hydrogen-bond donors (Lipinski definition) is 1. The molecule has 0 amide bonds. The van der Waals surface area contributed by atoms with E-state index in [0.717, 1.165) is 39.1 Å². The van der Waals surface area contributed by atoms with Crippen molar-refractivity contribution in [1.82, 2.24) is 9.88 Å². The van der Waals surface area contributed by atoms with Crippen LogP contribution in [0.3, 0.4) is 0 Å². The zero-order valence-corrected chi connectivity index (χ0v) is 22.0. The number of aliphatic hydroxyl groups excluding tert-OH is 1. The molecular formula is C25H53N3O2. The Hall–Kier alpha value is -1.33. The number of aliphatic hydroxyl groups is 1. The van der Waals surface area contributed by atoms with Crippen LogP contribution in [0.1, 0.15) is 75.7 Å². The van der Waals surface area contributed by atoms with E-state index in [-0.39, 0.29) is 0 Å². The topological polar surface area (TPSA) is 48.8 Å². The van der Waals surface area contributed by atoms with E-state index in [1.165, 1.54) is 5.69 Å². The number of hydrogen-bond acceptors (Lipinski definition) is 5. The summed E-state index contributed by atoms with van der Waals surface area (Å²) in [6.45, 7) is 26.1. The van der Waals surface area contributed by atoms with Crippen molar-refractivity contribution in [2.24, 2.45) is 11.8 Å². The standard InChI is InChI=1S/C17H29N3O2.4C2H6/c1-14(10-15(2)13-21)12-19-6-8-20(9-7-19)16-4-5-17(22-3)18-11-16;4*1-2/h4-5,11,14-15,21H,6-10,12-13H2,1-3H3;4*1-2H3. The van der Waals surface area contributed by atoms with Crippen molar-refractivity contribution in [2.75, 3.05) is 51.3 Å². The third-order valence-corrected chi connectivity index (χ3v) is 4.35. The molecule has 180 valence electrons. The molecule has 2 heterocycles. The second-order valence-corrected chi connectivity index (χ2v) is 6.48. The van der Waals surface area contributed by atoms with Gasteiger partial charge in [-0.25, -0.2) is 4.98 Å². The van der Waals surface area contributed by atoms with Gasteiger partial charge >= 0.3 is 0 Å². The molecule has 5 nitrogen and oxygen atoms in total. The number of ether oxygens (including phenoxy) is 1. The summed E-state index contributed by atoms with van der Waals surface area (Å²) in [5, 5.41) is 9.15. The van der Waals surface area contributed by atoms with Gasteiger partial charge in [0.25, 0.3) is 0 Å². The van der Waals surface area contributed by atoms with Gasteiger partial charge in [-0.2, -0.15) is 0 Å². The quantitative estimate of drug-likeness (QED) is 0.581. The van der Waals surface area contributed by atoms with Crippen molar-refractivity contribution in [1.29, 1.82) is 0 Å². The SMILES string of the molecule is CC.CC.CC.CC.COc1ccc(N2CCN(CC(C)CC(C)CO)CC2)cn1. The van der Waals surface area contributed by atoms with Gasteiger partial charge in [-0.05, 0) is 24.3 Å². The highest BCUT2D eigenvalue weighted by Crippen LogP contribution is 2.19. The van der Waals surface area contributed by atoms with Gasteiger partial charge in [0.15, 0.2) is 0 Å². The molecule has 1 aromatic rings. The molecule has 1 aliphatic rings. The van der Waals surface area contributed by atoms with E-state index in [4.69, 9.17) is 9.84 Å². The first-order chi connectivity index (χ1) is 14.6. The summed E-state index contributed by atoms with van der Waals surface area (Å²) in [6, 6.07) is 3.99. The Morgan fingerprint density at radius 1 is 0.900 bits per heavy atom. The number of rotatable bonds is 7. The highest BCUT2D eigenvalue weighted by atomic mass is 16.5. The highest BCUT2D eigenvalue weighted by Gasteiger charge is 2.19. The summed E-state index contributed by atoms with van der Waals surface area (Å²) in [5.74, 6) is 1.70. The van der Waals surface area contributed by atoms with Crippen LogP contribution >= 0.6 is 0 Å². The molecule has 1 aromatic heterocycles. The Morgan fingerprint density at radius 2 is 1.43 bits per heavy atom. The lowest BCUT2D eigenvalue weighted by Gasteiger charge is -2.37. The van der Waals surface area contributed by atoms with Crippen LogP contribution < -0.4 is 9.64 Å². The van der Waals surface area contributed by atoms with Crippen LogP contribution in [0.4, 0.5) is 5.69 Å². The molecule has 0 radical (unpaired) electrons. The van der Waals surface area contributed by atoms with Gasteiger partial charge < -0.3 is 14.7 Å². The lowest BCUT2D eigenvalue weighted by Crippen LogP contribution is -2.47. The van der Waals surface area contributed by atoms with E-state index in [1.54, 1.807) is 7.11 Å². The van der Waals surface area contributed by atoms with Gasteiger partial charge in [-0.15, -0.1) is 0 Å². The van der Waals surface area contributed by atoms with Crippen LogP contribution in [0.15, 0.2) is 18.3 Å². The summed E-state index contributed by atoms with van der Waals surface area (Å²) in [6.07, 6.45) is 2.99. The van der Waals surface area contributed by atoms with Crippen molar-refractivity contribution in [3.8, 4) is 5.88 Å². The molecule has 0 aliphatic carbocycles. The average Bonchev–Trinajstić information content (AvgIpc) is 2.84. The van der Waals surface area contributed by atoms with Gasteiger partial charge in [-0.3, -0.25) is 4.90 Å². The largest absolute Gasteiger partial charge is 0.481 e. The van der Waals surface area contributed by atoms with E-state index in [1.807, 2.05) is 67.7 Å². The molecular weight excluding hydrogens is 374 g/mol. The molecule has 0 saturated carbocycles. The fourth-order valence-electron chi connectivity index (χ4n) is 3.15. The van der Waals surface area contributed by atoms with Crippen molar-refractivity contribution in [2.45, 2.75) is 75.7 Å². The molecule has 1 N–H and O–H groups in total. The minimum atomic E-state index is 0.294. The zero-order chi connectivity index (χ0) is 23.9. The number of piperazine rings is 1. The maximum absolute atomic E-state index is 9.15. The Bertz CT molecular complexity index is 433. The lowest BCUT2D eigenvalue weighted by atomic mass is 9.97. The first kappa shape index (κ1) is 33.3. The van der Waals surface area contributed by atoms with Crippen molar-refractivity contribution in [3.05, 3.63) is 18.3 Å². The molecule has 0 aromatic carbocycles. The normalized spacial score (nSPS) is 14.7.